The van der Waals surface area contributed by atoms with Crippen molar-refractivity contribution in [2.24, 2.45) is 5.92 Å². The van der Waals surface area contributed by atoms with Crippen LogP contribution < -0.4 is 10.5 Å². The van der Waals surface area contributed by atoms with Gasteiger partial charge in [0.05, 0.1) is 19.3 Å². The summed E-state index contributed by atoms with van der Waals surface area (Å²) in [6, 6.07) is 7.55. The third kappa shape index (κ3) is 5.11. The van der Waals surface area contributed by atoms with Crippen LogP contribution in [0.15, 0.2) is 24.3 Å². The van der Waals surface area contributed by atoms with Crippen molar-refractivity contribution >= 4 is 5.69 Å². The smallest absolute Gasteiger partial charge is 0.121 e. The SMILES string of the molecule is CC1CCCC(OCCCOc2cccc(N)c2)C1. The minimum Gasteiger partial charge on any atom is -0.493 e. The number of anilines is 1. The molecule has 0 spiro atoms. The van der Waals surface area contributed by atoms with E-state index < -0.39 is 0 Å². The lowest BCUT2D eigenvalue weighted by atomic mass is 9.89. The zero-order valence-corrected chi connectivity index (χ0v) is 11.8. The molecule has 1 fully saturated rings. The molecule has 2 N–H and O–H groups in total. The number of nitrogen functional groups attached to an aromatic ring is 1. The van der Waals surface area contributed by atoms with Gasteiger partial charge in [-0.15, -0.1) is 0 Å². The second kappa shape index (κ2) is 7.39. The van der Waals surface area contributed by atoms with Crippen molar-refractivity contribution in [3.05, 3.63) is 24.3 Å². The molecule has 0 aromatic heterocycles. The summed E-state index contributed by atoms with van der Waals surface area (Å²) < 4.78 is 11.5. The molecule has 0 radical (unpaired) electrons. The van der Waals surface area contributed by atoms with Crippen LogP contribution in [-0.2, 0) is 4.74 Å². The van der Waals surface area contributed by atoms with Crippen molar-refractivity contribution in [2.75, 3.05) is 18.9 Å². The number of rotatable bonds is 6. The minimum absolute atomic E-state index is 0.469. The molecule has 1 saturated carbocycles. The third-order valence-electron chi connectivity index (χ3n) is 3.66. The maximum atomic E-state index is 5.91. The van der Waals surface area contributed by atoms with Crippen molar-refractivity contribution in [1.29, 1.82) is 0 Å². The van der Waals surface area contributed by atoms with Crippen LogP contribution in [0.1, 0.15) is 39.0 Å². The first-order valence-electron chi connectivity index (χ1n) is 7.34. The average Bonchev–Trinajstić information content (AvgIpc) is 2.38. The fourth-order valence-corrected chi connectivity index (χ4v) is 2.63. The van der Waals surface area contributed by atoms with E-state index >= 15 is 0 Å². The van der Waals surface area contributed by atoms with Crippen molar-refractivity contribution in [3.63, 3.8) is 0 Å². The molecule has 0 heterocycles. The minimum atomic E-state index is 0.469. The highest BCUT2D eigenvalue weighted by atomic mass is 16.5. The fourth-order valence-electron chi connectivity index (χ4n) is 2.63. The summed E-state index contributed by atoms with van der Waals surface area (Å²) >= 11 is 0. The predicted molar refractivity (Wildman–Crippen MR) is 78.3 cm³/mol. The van der Waals surface area contributed by atoms with Crippen LogP contribution in [0.4, 0.5) is 5.69 Å². The summed E-state index contributed by atoms with van der Waals surface area (Å²) in [5, 5.41) is 0. The number of ether oxygens (including phenoxy) is 2. The molecule has 2 unspecified atom stereocenters. The lowest BCUT2D eigenvalue weighted by Crippen LogP contribution is -2.22. The molecule has 1 aromatic carbocycles. The highest BCUT2D eigenvalue weighted by Gasteiger charge is 2.18. The molecule has 0 amide bonds. The molecule has 3 heteroatoms. The quantitative estimate of drug-likeness (QED) is 0.629. The molecule has 1 aliphatic rings. The van der Waals surface area contributed by atoms with Crippen LogP contribution in [-0.4, -0.2) is 19.3 Å². The van der Waals surface area contributed by atoms with Gasteiger partial charge in [-0.25, -0.2) is 0 Å². The van der Waals surface area contributed by atoms with Gasteiger partial charge in [-0.2, -0.15) is 0 Å². The standard InChI is InChI=1S/C16H25NO2/c1-13-5-2-7-15(11-13)18-9-4-10-19-16-8-3-6-14(17)12-16/h3,6,8,12-13,15H,2,4-5,7,9-11,17H2,1H3. The summed E-state index contributed by atoms with van der Waals surface area (Å²) in [7, 11) is 0. The van der Waals surface area contributed by atoms with E-state index in [1.807, 2.05) is 24.3 Å². The number of nitrogens with two attached hydrogens (primary N) is 1. The molecule has 0 saturated heterocycles. The molecule has 0 bridgehead atoms. The molecule has 19 heavy (non-hydrogen) atoms. The van der Waals surface area contributed by atoms with E-state index in [1.54, 1.807) is 0 Å². The molecule has 3 nitrogen and oxygen atoms in total. The topological polar surface area (TPSA) is 44.5 Å². The first kappa shape index (κ1) is 14.2. The normalized spacial score (nSPS) is 23.2. The highest BCUT2D eigenvalue weighted by molar-refractivity contribution is 5.43. The Labute approximate surface area is 116 Å². The van der Waals surface area contributed by atoms with Gasteiger partial charge in [-0.3, -0.25) is 0 Å². The Balaban J connectivity index is 1.57. The largest absolute Gasteiger partial charge is 0.493 e. The van der Waals surface area contributed by atoms with E-state index in [0.29, 0.717) is 12.7 Å². The Bertz CT molecular complexity index is 381. The second-order valence-electron chi connectivity index (χ2n) is 5.54. The third-order valence-corrected chi connectivity index (χ3v) is 3.66. The van der Waals surface area contributed by atoms with E-state index in [9.17, 15) is 0 Å². The Morgan fingerprint density at radius 1 is 1.26 bits per heavy atom. The second-order valence-corrected chi connectivity index (χ2v) is 5.54. The van der Waals surface area contributed by atoms with Crippen LogP contribution in [0.2, 0.25) is 0 Å². The first-order valence-corrected chi connectivity index (χ1v) is 7.34. The summed E-state index contributed by atoms with van der Waals surface area (Å²) in [6.45, 7) is 3.80. The van der Waals surface area contributed by atoms with Crippen LogP contribution in [0.3, 0.4) is 0 Å². The Morgan fingerprint density at radius 2 is 2.16 bits per heavy atom. The first-order chi connectivity index (χ1) is 9.24. The van der Waals surface area contributed by atoms with Gasteiger partial charge in [0.1, 0.15) is 5.75 Å². The van der Waals surface area contributed by atoms with Crippen molar-refractivity contribution in [2.45, 2.75) is 45.1 Å². The fraction of sp³-hybridized carbons (Fsp3) is 0.625. The van der Waals surface area contributed by atoms with Gasteiger partial charge in [-0.05, 0) is 30.9 Å². The van der Waals surface area contributed by atoms with E-state index in [-0.39, 0.29) is 0 Å². The average molecular weight is 263 g/mol. The molecule has 2 rings (SSSR count). The van der Waals surface area contributed by atoms with Crippen LogP contribution >= 0.6 is 0 Å². The lowest BCUT2D eigenvalue weighted by Gasteiger charge is -2.26. The maximum absolute atomic E-state index is 5.91. The zero-order chi connectivity index (χ0) is 13.5. The number of benzene rings is 1. The number of hydrogen-bond acceptors (Lipinski definition) is 3. The van der Waals surface area contributed by atoms with Gasteiger partial charge in [0, 0.05) is 18.2 Å². The molecule has 106 valence electrons. The summed E-state index contributed by atoms with van der Waals surface area (Å²) in [6.07, 6.45) is 6.51. The molecular weight excluding hydrogens is 238 g/mol. The van der Waals surface area contributed by atoms with Gasteiger partial charge in [-0.1, -0.05) is 25.8 Å². The predicted octanol–water partition coefficient (Wildman–Crippen LogP) is 3.63. The molecule has 1 aliphatic carbocycles. The van der Waals surface area contributed by atoms with E-state index in [2.05, 4.69) is 6.92 Å². The summed E-state index contributed by atoms with van der Waals surface area (Å²) in [5.74, 6) is 1.66. The number of hydrogen-bond donors (Lipinski definition) is 1. The van der Waals surface area contributed by atoms with Crippen LogP contribution in [0, 0.1) is 5.92 Å². The van der Waals surface area contributed by atoms with E-state index in [1.165, 1.54) is 25.7 Å². The summed E-state index contributed by atoms with van der Waals surface area (Å²) in [5.41, 5.74) is 6.44. The van der Waals surface area contributed by atoms with E-state index in [4.69, 9.17) is 15.2 Å². The van der Waals surface area contributed by atoms with Crippen LogP contribution in [0.25, 0.3) is 0 Å². The zero-order valence-electron chi connectivity index (χ0n) is 11.8. The van der Waals surface area contributed by atoms with Gasteiger partial charge in [0.15, 0.2) is 0 Å². The Hall–Kier alpha value is -1.22. The Kier molecular flexibility index (Phi) is 5.52. The summed E-state index contributed by atoms with van der Waals surface area (Å²) in [4.78, 5) is 0. The molecule has 1 aromatic rings. The van der Waals surface area contributed by atoms with Gasteiger partial charge in [0.25, 0.3) is 0 Å². The van der Waals surface area contributed by atoms with Crippen molar-refractivity contribution < 1.29 is 9.47 Å². The lowest BCUT2D eigenvalue weighted by molar-refractivity contribution is 0.0106. The van der Waals surface area contributed by atoms with Gasteiger partial charge in [0.2, 0.25) is 0 Å². The monoisotopic (exact) mass is 263 g/mol. The molecular formula is C16H25NO2. The van der Waals surface area contributed by atoms with Gasteiger partial charge < -0.3 is 15.2 Å². The molecule has 2 atom stereocenters. The van der Waals surface area contributed by atoms with E-state index in [0.717, 1.165) is 30.4 Å². The maximum Gasteiger partial charge on any atom is 0.121 e. The molecule has 0 aliphatic heterocycles. The Morgan fingerprint density at radius 3 is 2.95 bits per heavy atom. The van der Waals surface area contributed by atoms with Crippen molar-refractivity contribution in [1.82, 2.24) is 0 Å². The van der Waals surface area contributed by atoms with Gasteiger partial charge >= 0.3 is 0 Å². The van der Waals surface area contributed by atoms with Crippen molar-refractivity contribution in [3.8, 4) is 5.75 Å². The highest BCUT2D eigenvalue weighted by Crippen LogP contribution is 2.25. The van der Waals surface area contributed by atoms with Crippen LogP contribution in [0.5, 0.6) is 5.75 Å².